The normalized spacial score (nSPS) is 15.0. The summed E-state index contributed by atoms with van der Waals surface area (Å²) >= 11 is 0. The molecule has 2 aromatic heterocycles. The third-order valence-corrected chi connectivity index (χ3v) is 4.42. The van der Waals surface area contributed by atoms with Crippen molar-refractivity contribution >= 4 is 0 Å². The van der Waals surface area contributed by atoms with Gasteiger partial charge in [-0.3, -0.25) is 9.88 Å². The maximum Gasteiger partial charge on any atom is 0.262 e. The van der Waals surface area contributed by atoms with Crippen LogP contribution in [-0.2, 0) is 4.74 Å². The highest BCUT2D eigenvalue weighted by molar-refractivity contribution is 5.64. The first-order chi connectivity index (χ1) is 13.4. The molecule has 0 radical (unpaired) electrons. The van der Waals surface area contributed by atoms with E-state index in [1.54, 1.807) is 6.20 Å². The van der Waals surface area contributed by atoms with Gasteiger partial charge in [0.2, 0.25) is 5.82 Å². The van der Waals surface area contributed by atoms with Crippen LogP contribution in [0.5, 0.6) is 5.75 Å². The number of ether oxygens (including phenoxy) is 2. The topological polar surface area (TPSA) is 73.5 Å². The van der Waals surface area contributed by atoms with E-state index in [0.29, 0.717) is 24.0 Å². The van der Waals surface area contributed by atoms with Gasteiger partial charge in [-0.1, -0.05) is 23.4 Å². The number of hydrogen-bond donors (Lipinski definition) is 0. The number of aromatic nitrogens is 3. The molecule has 1 saturated heterocycles. The number of hydrogen-bond acceptors (Lipinski definition) is 7. The first kappa shape index (κ1) is 17.6. The van der Waals surface area contributed by atoms with Crippen LogP contribution in [0.2, 0.25) is 0 Å². The van der Waals surface area contributed by atoms with Gasteiger partial charge in [0.05, 0.1) is 25.4 Å². The zero-order chi connectivity index (χ0) is 18.3. The van der Waals surface area contributed by atoms with Crippen molar-refractivity contribution < 1.29 is 14.0 Å². The average molecular weight is 366 g/mol. The van der Waals surface area contributed by atoms with E-state index in [0.717, 1.165) is 50.6 Å². The summed E-state index contributed by atoms with van der Waals surface area (Å²) in [5, 5.41) is 4.04. The van der Waals surface area contributed by atoms with Crippen LogP contribution in [0.25, 0.3) is 23.0 Å². The predicted molar refractivity (Wildman–Crippen MR) is 100 cm³/mol. The molecule has 140 valence electrons. The van der Waals surface area contributed by atoms with E-state index in [1.165, 1.54) is 0 Å². The average Bonchev–Trinajstić information content (AvgIpc) is 3.23. The maximum absolute atomic E-state index is 6.00. The van der Waals surface area contributed by atoms with Crippen LogP contribution in [0.1, 0.15) is 6.42 Å². The van der Waals surface area contributed by atoms with E-state index >= 15 is 0 Å². The summed E-state index contributed by atoms with van der Waals surface area (Å²) in [6, 6.07) is 13.3. The third-order valence-electron chi connectivity index (χ3n) is 4.42. The van der Waals surface area contributed by atoms with Gasteiger partial charge >= 0.3 is 0 Å². The van der Waals surface area contributed by atoms with Gasteiger partial charge in [0.1, 0.15) is 11.4 Å². The molecule has 1 aliphatic heterocycles. The van der Waals surface area contributed by atoms with Crippen molar-refractivity contribution in [3.63, 3.8) is 0 Å². The summed E-state index contributed by atoms with van der Waals surface area (Å²) in [7, 11) is 0. The van der Waals surface area contributed by atoms with Gasteiger partial charge in [0.25, 0.3) is 5.89 Å². The fourth-order valence-electron chi connectivity index (χ4n) is 3.00. The first-order valence-electron chi connectivity index (χ1n) is 9.17. The zero-order valence-electron chi connectivity index (χ0n) is 15.1. The molecule has 0 amide bonds. The van der Waals surface area contributed by atoms with Crippen LogP contribution in [0.4, 0.5) is 0 Å². The van der Waals surface area contributed by atoms with Gasteiger partial charge in [-0.2, -0.15) is 4.98 Å². The SMILES string of the molecule is c1ccc(-c2noc(-c3ccccc3OCCCN3CCOCC3)n2)nc1. The standard InChI is InChI=1S/C20H22N4O3/c1-2-8-18(26-13-5-10-24-11-14-25-15-12-24)16(6-1)20-22-19(23-27-20)17-7-3-4-9-21-17/h1-4,6-9H,5,10-15H2. The van der Waals surface area contributed by atoms with Gasteiger partial charge in [-0.25, -0.2) is 0 Å². The summed E-state index contributed by atoms with van der Waals surface area (Å²) in [4.78, 5) is 11.1. The Morgan fingerprint density at radius 1 is 1.04 bits per heavy atom. The van der Waals surface area contributed by atoms with Gasteiger partial charge < -0.3 is 14.0 Å². The van der Waals surface area contributed by atoms with E-state index in [1.807, 2.05) is 42.5 Å². The van der Waals surface area contributed by atoms with Crippen molar-refractivity contribution in [2.75, 3.05) is 39.5 Å². The molecular weight excluding hydrogens is 344 g/mol. The van der Waals surface area contributed by atoms with Crippen LogP contribution in [0.3, 0.4) is 0 Å². The molecule has 0 N–H and O–H groups in total. The van der Waals surface area contributed by atoms with Crippen LogP contribution in [0.15, 0.2) is 53.2 Å². The molecule has 3 aromatic rings. The molecule has 0 unspecified atom stereocenters. The predicted octanol–water partition coefficient (Wildman–Crippen LogP) is 2.90. The quantitative estimate of drug-likeness (QED) is 0.595. The Labute approximate surface area is 157 Å². The minimum Gasteiger partial charge on any atom is -0.493 e. The van der Waals surface area contributed by atoms with E-state index in [2.05, 4.69) is 20.0 Å². The highest BCUT2D eigenvalue weighted by Gasteiger charge is 2.15. The Kier molecular flexibility index (Phi) is 5.71. The summed E-state index contributed by atoms with van der Waals surface area (Å²) < 4.78 is 16.8. The lowest BCUT2D eigenvalue weighted by Gasteiger charge is -2.26. The molecule has 1 aliphatic rings. The largest absolute Gasteiger partial charge is 0.493 e. The molecule has 27 heavy (non-hydrogen) atoms. The molecule has 3 heterocycles. The lowest BCUT2D eigenvalue weighted by molar-refractivity contribution is 0.0358. The van der Waals surface area contributed by atoms with Crippen LogP contribution >= 0.6 is 0 Å². The highest BCUT2D eigenvalue weighted by Crippen LogP contribution is 2.29. The molecule has 1 aromatic carbocycles. The van der Waals surface area contributed by atoms with Gasteiger partial charge in [0, 0.05) is 25.8 Å². The summed E-state index contributed by atoms with van der Waals surface area (Å²) in [5.41, 5.74) is 1.47. The molecule has 0 spiro atoms. The Hall–Kier alpha value is -2.77. The van der Waals surface area contributed by atoms with Crippen molar-refractivity contribution in [2.24, 2.45) is 0 Å². The van der Waals surface area contributed by atoms with Gasteiger partial charge in [-0.05, 0) is 30.7 Å². The van der Waals surface area contributed by atoms with E-state index < -0.39 is 0 Å². The number of rotatable bonds is 7. The molecular formula is C20H22N4O3. The summed E-state index contributed by atoms with van der Waals surface area (Å²) in [6.45, 7) is 5.27. The fraction of sp³-hybridized carbons (Fsp3) is 0.350. The first-order valence-corrected chi connectivity index (χ1v) is 9.17. The van der Waals surface area contributed by atoms with Crippen molar-refractivity contribution in [3.05, 3.63) is 48.7 Å². The second-order valence-corrected chi connectivity index (χ2v) is 6.29. The van der Waals surface area contributed by atoms with Gasteiger partial charge in [0.15, 0.2) is 0 Å². The molecule has 7 heteroatoms. The molecule has 0 aliphatic carbocycles. The second kappa shape index (κ2) is 8.75. The minimum absolute atomic E-state index is 0.430. The van der Waals surface area contributed by atoms with E-state index in [-0.39, 0.29) is 0 Å². The summed E-state index contributed by atoms with van der Waals surface area (Å²) in [5.74, 6) is 1.64. The number of nitrogens with zero attached hydrogens (tertiary/aromatic N) is 4. The van der Waals surface area contributed by atoms with Crippen LogP contribution in [-0.4, -0.2) is 59.5 Å². The smallest absolute Gasteiger partial charge is 0.262 e. The Morgan fingerprint density at radius 3 is 2.74 bits per heavy atom. The van der Waals surface area contributed by atoms with Crippen molar-refractivity contribution in [1.29, 1.82) is 0 Å². The maximum atomic E-state index is 6.00. The molecule has 0 atom stereocenters. The molecule has 1 fully saturated rings. The Balaban J connectivity index is 1.40. The second-order valence-electron chi connectivity index (χ2n) is 6.29. The monoisotopic (exact) mass is 366 g/mol. The van der Waals surface area contributed by atoms with Crippen molar-refractivity contribution in [2.45, 2.75) is 6.42 Å². The Morgan fingerprint density at radius 2 is 1.89 bits per heavy atom. The fourth-order valence-corrected chi connectivity index (χ4v) is 3.00. The molecule has 4 rings (SSSR count). The lowest BCUT2D eigenvalue weighted by Crippen LogP contribution is -2.37. The third kappa shape index (κ3) is 4.50. The van der Waals surface area contributed by atoms with Gasteiger partial charge in [-0.15, -0.1) is 0 Å². The highest BCUT2D eigenvalue weighted by atomic mass is 16.5. The number of morpholine rings is 1. The van der Waals surface area contributed by atoms with E-state index in [9.17, 15) is 0 Å². The van der Waals surface area contributed by atoms with Crippen molar-refractivity contribution in [1.82, 2.24) is 20.0 Å². The van der Waals surface area contributed by atoms with Crippen LogP contribution in [0, 0.1) is 0 Å². The number of para-hydroxylation sites is 1. The zero-order valence-corrected chi connectivity index (χ0v) is 15.1. The summed E-state index contributed by atoms with van der Waals surface area (Å²) in [6.07, 6.45) is 2.66. The lowest BCUT2D eigenvalue weighted by atomic mass is 10.2. The molecule has 7 nitrogen and oxygen atoms in total. The molecule has 0 bridgehead atoms. The van der Waals surface area contributed by atoms with E-state index in [4.69, 9.17) is 14.0 Å². The number of pyridine rings is 1. The van der Waals surface area contributed by atoms with Crippen LogP contribution < -0.4 is 4.74 Å². The Bertz CT molecular complexity index is 847. The molecule has 0 saturated carbocycles. The van der Waals surface area contributed by atoms with Crippen molar-refractivity contribution in [3.8, 4) is 28.7 Å². The number of benzene rings is 1. The minimum atomic E-state index is 0.430.